The molecule has 3 aliphatic heterocycles. The number of aliphatic hydroxyl groups excluding tert-OH is 2. The molecule has 2 saturated carbocycles. The molecule has 5 aliphatic rings. The monoisotopic (exact) mass is 740 g/mol. The van der Waals surface area contributed by atoms with Crippen LogP contribution in [0.15, 0.2) is 11.8 Å². The Kier molecular flexibility index (Phi) is 12.7. The van der Waals surface area contributed by atoms with Crippen LogP contribution in [0.1, 0.15) is 87.0 Å². The van der Waals surface area contributed by atoms with E-state index >= 15 is 0 Å². The lowest BCUT2D eigenvalue weighted by molar-refractivity contribution is -0.283. The Balaban J connectivity index is 1.34. The molecule has 4 fully saturated rings. The van der Waals surface area contributed by atoms with Crippen molar-refractivity contribution in [2.45, 2.75) is 153 Å². The van der Waals surface area contributed by atoms with Gasteiger partial charge in [0.2, 0.25) is 0 Å². The number of alkyl carbamates (subject to hydrolysis) is 1. The molecule has 0 radical (unpaired) electrons. The Bertz CT molecular complexity index is 1290. The van der Waals surface area contributed by atoms with Gasteiger partial charge in [-0.1, -0.05) is 6.92 Å². The van der Waals surface area contributed by atoms with Crippen molar-refractivity contribution in [2.75, 3.05) is 32.8 Å². The van der Waals surface area contributed by atoms with Gasteiger partial charge in [0.25, 0.3) is 5.91 Å². The van der Waals surface area contributed by atoms with Crippen molar-refractivity contribution >= 4 is 18.1 Å². The Morgan fingerprint density at radius 1 is 0.942 bits per heavy atom. The van der Waals surface area contributed by atoms with Crippen molar-refractivity contribution in [3.8, 4) is 0 Å². The zero-order chi connectivity index (χ0) is 38.0. The van der Waals surface area contributed by atoms with Crippen LogP contribution in [0.25, 0.3) is 0 Å². The first kappa shape index (κ1) is 40.5. The summed E-state index contributed by atoms with van der Waals surface area (Å²) in [6.45, 7) is 13.4. The predicted molar refractivity (Wildman–Crippen MR) is 186 cm³/mol. The maximum atomic E-state index is 13.7. The third-order valence-electron chi connectivity index (χ3n) is 9.56. The van der Waals surface area contributed by atoms with Crippen LogP contribution in [0.5, 0.6) is 0 Å². The number of hydrogen-bond acceptors (Lipinski definition) is 13. The van der Waals surface area contributed by atoms with E-state index in [9.17, 15) is 29.7 Å². The first-order valence-electron chi connectivity index (χ1n) is 18.6. The van der Waals surface area contributed by atoms with E-state index < -0.39 is 84.0 Å². The van der Waals surface area contributed by atoms with Crippen LogP contribution >= 0.6 is 0 Å². The van der Waals surface area contributed by atoms with Gasteiger partial charge in [-0.25, -0.2) is 9.59 Å². The highest BCUT2D eigenvalue weighted by Crippen LogP contribution is 2.33. The molecule has 3 amide bonds. The summed E-state index contributed by atoms with van der Waals surface area (Å²) in [6.07, 6.45) is -2.16. The van der Waals surface area contributed by atoms with Gasteiger partial charge in [0.1, 0.15) is 41.4 Å². The number of carbonyl (C=O) groups is 3. The van der Waals surface area contributed by atoms with Crippen LogP contribution in [0, 0.1) is 11.8 Å². The summed E-state index contributed by atoms with van der Waals surface area (Å²) in [5.41, 5.74) is -3.54. The van der Waals surface area contributed by atoms with E-state index in [1.165, 1.54) is 17.7 Å². The summed E-state index contributed by atoms with van der Waals surface area (Å²) in [5.74, 6) is 0.683. The van der Waals surface area contributed by atoms with Crippen molar-refractivity contribution in [2.24, 2.45) is 11.8 Å². The van der Waals surface area contributed by atoms with Gasteiger partial charge in [-0.15, -0.1) is 0 Å². The lowest BCUT2D eigenvalue weighted by atomic mass is 9.82. The number of β-amino-alcohol motifs (C(OH)–C–C–N with tert-alkyl or cyclic N) is 1. The first-order chi connectivity index (χ1) is 24.3. The lowest BCUT2D eigenvalue weighted by Gasteiger charge is -2.49. The minimum Gasteiger partial charge on any atom is -0.468 e. The molecule has 0 spiro atoms. The molecular formula is C36H60N4O12. The van der Waals surface area contributed by atoms with Crippen LogP contribution in [-0.4, -0.2) is 137 Å². The Morgan fingerprint density at radius 3 is 2.23 bits per heavy atom. The molecule has 2 aliphatic carbocycles. The third kappa shape index (κ3) is 11.1. The number of amides is 3. The molecule has 3 heterocycles. The largest absolute Gasteiger partial charge is 0.468 e. The average Bonchev–Trinajstić information content (AvgIpc) is 3.83. The number of hydrogen-bond donors (Lipinski definition) is 6. The fourth-order valence-corrected chi connectivity index (χ4v) is 6.79. The Labute approximate surface area is 306 Å². The third-order valence-corrected chi connectivity index (χ3v) is 9.56. The van der Waals surface area contributed by atoms with Crippen LogP contribution < -0.4 is 16.0 Å². The SMILES string of the molecule is C[C@@H]1CO[C@H](O[C@@H]2[C@@H](O)[C@H](O[C@@H]3CCC=C(CNCC4CC4)O3)[C@@H](NC(=O)OC(C)(C)C)C[C@H]2NC(=O)C2(O)CN(C(=O)OC(C)(C)C)C2)[C@H](O)C1. The second kappa shape index (κ2) is 16.3. The number of rotatable bonds is 11. The van der Waals surface area contributed by atoms with E-state index in [0.717, 1.165) is 12.3 Å². The molecule has 16 heteroatoms. The van der Waals surface area contributed by atoms with Gasteiger partial charge in [-0.05, 0) is 98.1 Å². The summed E-state index contributed by atoms with van der Waals surface area (Å²) in [6, 6.07) is -1.95. The molecule has 0 aromatic rings. The summed E-state index contributed by atoms with van der Waals surface area (Å²) in [4.78, 5) is 40.6. The highest BCUT2D eigenvalue weighted by molar-refractivity contribution is 5.89. The smallest absolute Gasteiger partial charge is 0.410 e. The number of likely N-dealkylation sites (tertiary alicyclic amines) is 1. The first-order valence-corrected chi connectivity index (χ1v) is 18.6. The van der Waals surface area contributed by atoms with Crippen LogP contribution in [0.2, 0.25) is 0 Å². The molecule has 0 bridgehead atoms. The van der Waals surface area contributed by atoms with Crippen molar-refractivity contribution in [1.82, 2.24) is 20.9 Å². The van der Waals surface area contributed by atoms with Gasteiger partial charge in [-0.2, -0.15) is 0 Å². The van der Waals surface area contributed by atoms with Gasteiger partial charge in [-0.3, -0.25) is 4.79 Å². The zero-order valence-electron chi connectivity index (χ0n) is 31.6. The maximum absolute atomic E-state index is 13.7. The second-order valence-corrected chi connectivity index (χ2v) is 17.1. The molecular weight excluding hydrogens is 680 g/mol. The molecule has 0 aromatic carbocycles. The molecule has 9 atom stereocenters. The zero-order valence-corrected chi connectivity index (χ0v) is 31.6. The maximum Gasteiger partial charge on any atom is 0.410 e. The van der Waals surface area contributed by atoms with Gasteiger partial charge in [0.15, 0.2) is 18.2 Å². The number of aliphatic hydroxyl groups is 3. The summed E-state index contributed by atoms with van der Waals surface area (Å²) < 4.78 is 35.6. The van der Waals surface area contributed by atoms with Gasteiger partial charge >= 0.3 is 12.2 Å². The fourth-order valence-electron chi connectivity index (χ4n) is 6.79. The minimum atomic E-state index is -1.95. The summed E-state index contributed by atoms with van der Waals surface area (Å²) in [5, 5.41) is 43.2. The van der Waals surface area contributed by atoms with Crippen molar-refractivity contribution < 1.29 is 58.1 Å². The molecule has 16 nitrogen and oxygen atoms in total. The molecule has 52 heavy (non-hydrogen) atoms. The molecule has 0 aromatic heterocycles. The average molecular weight is 741 g/mol. The minimum absolute atomic E-state index is 0.0270. The number of carbonyl (C=O) groups excluding carboxylic acids is 3. The number of nitrogens with one attached hydrogen (secondary N) is 3. The number of nitrogens with zero attached hydrogens (tertiary/aromatic N) is 1. The van der Waals surface area contributed by atoms with Crippen LogP contribution in [-0.2, 0) is 33.2 Å². The summed E-state index contributed by atoms with van der Waals surface area (Å²) >= 11 is 0. The summed E-state index contributed by atoms with van der Waals surface area (Å²) in [7, 11) is 0. The molecule has 296 valence electrons. The van der Waals surface area contributed by atoms with E-state index in [2.05, 4.69) is 16.0 Å². The van der Waals surface area contributed by atoms with E-state index in [4.69, 9.17) is 28.4 Å². The quantitative estimate of drug-likeness (QED) is 0.179. The fraction of sp³-hybridized carbons (Fsp3) is 0.861. The van der Waals surface area contributed by atoms with Gasteiger partial charge in [0.05, 0.1) is 38.3 Å². The number of ether oxygens (including phenoxy) is 6. The van der Waals surface area contributed by atoms with E-state index in [0.29, 0.717) is 38.3 Å². The number of allylic oxidation sites excluding steroid dienone is 1. The predicted octanol–water partition coefficient (Wildman–Crippen LogP) is 1.64. The van der Waals surface area contributed by atoms with E-state index in [1.54, 1.807) is 41.5 Å². The van der Waals surface area contributed by atoms with Crippen molar-refractivity contribution in [1.29, 1.82) is 0 Å². The topological polar surface area (TPSA) is 207 Å². The highest BCUT2D eigenvalue weighted by Gasteiger charge is 2.55. The Hall–Kier alpha value is -2.73. The van der Waals surface area contributed by atoms with Gasteiger partial charge < -0.3 is 64.6 Å². The highest BCUT2D eigenvalue weighted by atomic mass is 16.7. The van der Waals surface area contributed by atoms with Crippen LogP contribution in [0.3, 0.4) is 0 Å². The van der Waals surface area contributed by atoms with E-state index in [-0.39, 0.29) is 25.4 Å². The molecule has 5 rings (SSSR count). The lowest BCUT2D eigenvalue weighted by Crippen LogP contribution is -2.73. The Morgan fingerprint density at radius 2 is 1.60 bits per heavy atom. The van der Waals surface area contributed by atoms with E-state index in [1.807, 2.05) is 13.0 Å². The van der Waals surface area contributed by atoms with Crippen molar-refractivity contribution in [3.63, 3.8) is 0 Å². The molecule has 6 N–H and O–H groups in total. The van der Waals surface area contributed by atoms with Crippen LogP contribution in [0.4, 0.5) is 9.59 Å². The molecule has 2 saturated heterocycles. The normalized spacial score (nSPS) is 33.5. The second-order valence-electron chi connectivity index (χ2n) is 17.1. The standard InChI is InChI=1S/C36H60N4O12/c1-20-13-25(41)30(47-17-20)50-29-23(38-31(43)36(46)18-40(19-36)33(45)52-35(5,6)7)14-24(39-32(44)51-34(2,3)4)28(27(29)42)49-26-10-8-9-22(48-26)16-37-15-21-11-12-21/h9,20-21,23-30,37,41-42,46H,8,10-19H2,1-7H3,(H,38,43)(H,39,44)/t20-,23+,24-,25+,26+,27-,28+,29-,30+/m0/s1. The van der Waals surface area contributed by atoms with Gasteiger partial charge in [0, 0.05) is 6.42 Å². The molecule has 0 unspecified atom stereocenters. The van der Waals surface area contributed by atoms with Crippen molar-refractivity contribution in [3.05, 3.63) is 11.8 Å².